The maximum Gasteiger partial charge on any atom is 0.435 e. The van der Waals surface area contributed by atoms with E-state index in [0.717, 1.165) is 35.2 Å². The number of pyridine rings is 1. The summed E-state index contributed by atoms with van der Waals surface area (Å²) < 4.78 is 82.7. The highest BCUT2D eigenvalue weighted by atomic mass is 19.4. The van der Waals surface area contributed by atoms with Gasteiger partial charge in [-0.25, -0.2) is 13.2 Å². The molecule has 3 N–H and O–H groups in total. The first-order chi connectivity index (χ1) is 19.3. The number of amides is 2. The second-order valence-corrected chi connectivity index (χ2v) is 8.93. The van der Waals surface area contributed by atoms with Crippen LogP contribution in [0.2, 0.25) is 0 Å². The maximum atomic E-state index is 14.1. The molecule has 2 heterocycles. The Morgan fingerprint density at radius 3 is 2.39 bits per heavy atom. The van der Waals surface area contributed by atoms with E-state index in [-0.39, 0.29) is 23.2 Å². The van der Waals surface area contributed by atoms with Gasteiger partial charge in [0.15, 0.2) is 5.69 Å². The van der Waals surface area contributed by atoms with E-state index in [4.69, 9.17) is 5.73 Å². The quantitative estimate of drug-likeness (QED) is 0.268. The summed E-state index contributed by atoms with van der Waals surface area (Å²) in [6.07, 6.45) is -1.64. The smallest absolute Gasteiger partial charge is 0.366 e. The van der Waals surface area contributed by atoms with Gasteiger partial charge in [0.1, 0.15) is 24.0 Å². The monoisotopic (exact) mass is 573 g/mol. The predicted molar refractivity (Wildman–Crippen MR) is 136 cm³/mol. The molecule has 4 rings (SSSR count). The van der Waals surface area contributed by atoms with Crippen LogP contribution in [0.15, 0.2) is 67.5 Å². The van der Waals surface area contributed by atoms with Crippen molar-refractivity contribution in [2.75, 3.05) is 0 Å². The van der Waals surface area contributed by atoms with Crippen LogP contribution in [0.4, 0.5) is 26.3 Å². The van der Waals surface area contributed by atoms with Crippen LogP contribution in [-0.4, -0.2) is 26.6 Å². The van der Waals surface area contributed by atoms with Gasteiger partial charge >= 0.3 is 6.18 Å². The Kier molecular flexibility index (Phi) is 8.26. The molecule has 0 bridgehead atoms. The minimum absolute atomic E-state index is 0.133. The third-order valence-corrected chi connectivity index (χ3v) is 5.99. The van der Waals surface area contributed by atoms with Crippen LogP contribution in [0.1, 0.15) is 38.9 Å². The summed E-state index contributed by atoms with van der Waals surface area (Å²) in [5.41, 5.74) is 4.24. The summed E-state index contributed by atoms with van der Waals surface area (Å²) in [5, 5.41) is 6.08. The first-order valence-electron chi connectivity index (χ1n) is 11.9. The van der Waals surface area contributed by atoms with E-state index in [0.29, 0.717) is 17.2 Å². The molecule has 0 aliphatic heterocycles. The highest BCUT2D eigenvalue weighted by molar-refractivity contribution is 5.94. The van der Waals surface area contributed by atoms with E-state index in [1.165, 1.54) is 24.4 Å². The van der Waals surface area contributed by atoms with Crippen molar-refractivity contribution in [1.82, 2.24) is 20.1 Å². The Morgan fingerprint density at radius 2 is 1.78 bits per heavy atom. The highest BCUT2D eigenvalue weighted by Gasteiger charge is 2.36. The molecule has 0 aliphatic rings. The molecule has 2 aromatic carbocycles. The highest BCUT2D eigenvalue weighted by Crippen LogP contribution is 2.32. The Hall–Kier alpha value is -4.94. The number of benzene rings is 2. The molecule has 0 saturated heterocycles. The van der Waals surface area contributed by atoms with Gasteiger partial charge in [-0.05, 0) is 47.9 Å². The van der Waals surface area contributed by atoms with Gasteiger partial charge < -0.3 is 11.1 Å². The lowest BCUT2D eigenvalue weighted by Gasteiger charge is -2.22. The Labute approximate surface area is 229 Å². The molecule has 13 heteroatoms. The zero-order chi connectivity index (χ0) is 29.9. The summed E-state index contributed by atoms with van der Waals surface area (Å²) in [7, 11) is 0. The Balaban J connectivity index is 1.73. The fourth-order valence-corrected chi connectivity index (χ4v) is 4.28. The molecule has 0 saturated carbocycles. The fraction of sp³-hybridized carbons (Fsp3) is 0.143. The van der Waals surface area contributed by atoms with E-state index >= 15 is 0 Å². The molecule has 2 aromatic heterocycles. The van der Waals surface area contributed by atoms with Crippen molar-refractivity contribution in [3.05, 3.63) is 113 Å². The van der Waals surface area contributed by atoms with Crippen molar-refractivity contribution >= 4 is 17.9 Å². The third-order valence-electron chi connectivity index (χ3n) is 5.99. The number of alkyl halides is 3. The number of aromatic nitrogens is 3. The lowest BCUT2D eigenvalue weighted by atomic mass is 9.94. The van der Waals surface area contributed by atoms with Crippen molar-refractivity contribution in [2.45, 2.75) is 25.2 Å². The zero-order valence-corrected chi connectivity index (χ0v) is 21.1. The van der Waals surface area contributed by atoms with Gasteiger partial charge in [-0.15, -0.1) is 0 Å². The predicted octanol–water partition coefficient (Wildman–Crippen LogP) is 5.22. The Bertz CT molecular complexity index is 1610. The van der Waals surface area contributed by atoms with Gasteiger partial charge in [0.2, 0.25) is 5.91 Å². The van der Waals surface area contributed by atoms with Crippen molar-refractivity contribution in [2.24, 2.45) is 5.73 Å². The fourth-order valence-electron chi connectivity index (χ4n) is 4.28. The van der Waals surface area contributed by atoms with Gasteiger partial charge in [-0.2, -0.15) is 18.3 Å². The lowest BCUT2D eigenvalue weighted by molar-refractivity contribution is -0.142. The van der Waals surface area contributed by atoms with Gasteiger partial charge in [-0.1, -0.05) is 24.8 Å². The standard InChI is InChI=1S/C28H21F6N5O2/c1-2-16-13-39(38-26(16)28(32,33)34)14-24(40)37-23(10-15-8-18(29)12-19(30)9-15)25-20(4-3-7-36-25)17-5-6-22(31)21(11-17)27(35)41/h2-9,11-13,23H,1,10,14H2,(H2,35,41)(H,37,40). The van der Waals surface area contributed by atoms with Crippen molar-refractivity contribution in [1.29, 1.82) is 0 Å². The molecule has 1 atom stereocenters. The molecule has 2 amide bonds. The molecule has 0 spiro atoms. The number of hydrogen-bond acceptors (Lipinski definition) is 4. The summed E-state index contributed by atoms with van der Waals surface area (Å²) in [6, 6.07) is 8.34. The van der Waals surface area contributed by atoms with Crippen LogP contribution < -0.4 is 11.1 Å². The van der Waals surface area contributed by atoms with Gasteiger partial charge in [-0.3, -0.25) is 19.3 Å². The molecule has 4 aromatic rings. The molecule has 0 fully saturated rings. The van der Waals surface area contributed by atoms with Crippen molar-refractivity contribution in [3.63, 3.8) is 0 Å². The SMILES string of the molecule is C=Cc1cn(CC(=O)NC(Cc2cc(F)cc(F)c2)c2ncccc2-c2ccc(F)c(C(N)=O)c2)nc1C(F)(F)F. The van der Waals surface area contributed by atoms with Gasteiger partial charge in [0.25, 0.3) is 5.91 Å². The number of carbonyl (C=O) groups excluding carboxylic acids is 2. The number of nitrogens with one attached hydrogen (secondary N) is 1. The number of primary amides is 1. The first-order valence-corrected chi connectivity index (χ1v) is 11.9. The molecule has 7 nitrogen and oxygen atoms in total. The Morgan fingerprint density at radius 1 is 1.07 bits per heavy atom. The summed E-state index contributed by atoms with van der Waals surface area (Å²) in [6.45, 7) is 2.69. The zero-order valence-electron chi connectivity index (χ0n) is 21.1. The number of hydrogen-bond donors (Lipinski definition) is 2. The van der Waals surface area contributed by atoms with E-state index < -0.39 is 59.3 Å². The third kappa shape index (κ3) is 6.80. The molecule has 0 aliphatic carbocycles. The average Bonchev–Trinajstić information content (AvgIpc) is 3.31. The van der Waals surface area contributed by atoms with Crippen LogP contribution >= 0.6 is 0 Å². The molecular weight excluding hydrogens is 552 g/mol. The van der Waals surface area contributed by atoms with E-state index in [9.17, 15) is 35.9 Å². The van der Waals surface area contributed by atoms with Crippen molar-refractivity contribution < 1.29 is 35.9 Å². The first kappa shape index (κ1) is 29.1. The second-order valence-electron chi connectivity index (χ2n) is 8.93. The molecule has 41 heavy (non-hydrogen) atoms. The van der Waals surface area contributed by atoms with Crippen LogP contribution in [0, 0.1) is 17.5 Å². The summed E-state index contributed by atoms with van der Waals surface area (Å²) in [4.78, 5) is 29.1. The summed E-state index contributed by atoms with van der Waals surface area (Å²) in [5.74, 6) is -4.42. The van der Waals surface area contributed by atoms with E-state index in [1.54, 1.807) is 6.07 Å². The molecule has 212 valence electrons. The number of nitrogens with two attached hydrogens (primary N) is 1. The lowest BCUT2D eigenvalue weighted by Crippen LogP contribution is -2.34. The van der Waals surface area contributed by atoms with Crippen LogP contribution in [0.25, 0.3) is 17.2 Å². The second kappa shape index (κ2) is 11.7. The normalized spacial score (nSPS) is 12.1. The van der Waals surface area contributed by atoms with Gasteiger partial charge in [0, 0.05) is 29.6 Å². The number of rotatable bonds is 9. The number of carbonyl (C=O) groups is 2. The molecule has 0 radical (unpaired) electrons. The van der Waals surface area contributed by atoms with Gasteiger partial charge in [0.05, 0.1) is 17.3 Å². The topological polar surface area (TPSA) is 103 Å². The largest absolute Gasteiger partial charge is 0.435 e. The number of nitrogens with zero attached hydrogens (tertiary/aromatic N) is 3. The average molecular weight is 573 g/mol. The molecule has 1 unspecified atom stereocenters. The van der Waals surface area contributed by atoms with Crippen LogP contribution in [0.5, 0.6) is 0 Å². The van der Waals surface area contributed by atoms with Crippen LogP contribution in [-0.2, 0) is 23.9 Å². The summed E-state index contributed by atoms with van der Waals surface area (Å²) >= 11 is 0. The minimum Gasteiger partial charge on any atom is -0.366 e. The van der Waals surface area contributed by atoms with Crippen LogP contribution in [0.3, 0.4) is 0 Å². The van der Waals surface area contributed by atoms with E-state index in [2.05, 4.69) is 22.0 Å². The van der Waals surface area contributed by atoms with Crippen molar-refractivity contribution in [3.8, 4) is 11.1 Å². The maximum absolute atomic E-state index is 14.1. The molecular formula is C28H21F6N5O2. The minimum atomic E-state index is -4.78. The van der Waals surface area contributed by atoms with E-state index in [1.807, 2.05) is 0 Å². The number of halogens is 6.